The van der Waals surface area contributed by atoms with Crippen molar-refractivity contribution >= 4 is 23.6 Å². The molecule has 1 heterocycles. The highest BCUT2D eigenvalue weighted by Gasteiger charge is 2.17. The van der Waals surface area contributed by atoms with Crippen molar-refractivity contribution in [3.63, 3.8) is 0 Å². The fraction of sp³-hybridized carbons (Fsp3) is 0.333. The molecule has 0 saturated carbocycles. The number of nitriles is 1. The molecule has 7 heteroatoms. The Hall–Kier alpha value is -2.23. The summed E-state index contributed by atoms with van der Waals surface area (Å²) in [6, 6.07) is 4.36. The van der Waals surface area contributed by atoms with E-state index in [9.17, 15) is 15.0 Å². The van der Waals surface area contributed by atoms with Gasteiger partial charge in [0, 0.05) is 13.2 Å². The van der Waals surface area contributed by atoms with E-state index in [0.29, 0.717) is 18.7 Å². The molecule has 22 heavy (non-hydrogen) atoms. The Morgan fingerprint density at radius 2 is 2.32 bits per heavy atom. The maximum Gasteiger partial charge on any atom is 0.262 e. The Bertz CT molecular complexity index is 622. The zero-order valence-electron chi connectivity index (χ0n) is 11.7. The van der Waals surface area contributed by atoms with Gasteiger partial charge >= 0.3 is 0 Å². The third kappa shape index (κ3) is 3.91. The fourth-order valence-corrected chi connectivity index (χ4v) is 2.33. The van der Waals surface area contributed by atoms with E-state index < -0.39 is 17.4 Å². The van der Waals surface area contributed by atoms with Crippen LogP contribution in [0.25, 0.3) is 6.08 Å². The molecule has 1 atom stereocenters. The number of nitrogens with zero attached hydrogens (tertiary/aromatic N) is 1. The Balaban J connectivity index is 2.09. The number of phenolic OH excluding ortho intramolecular Hbond substituents is 2. The minimum Gasteiger partial charge on any atom is -0.504 e. The number of hydrogen-bond donors (Lipinski definition) is 3. The van der Waals surface area contributed by atoms with Crippen LogP contribution in [0.1, 0.15) is 18.4 Å². The Morgan fingerprint density at radius 3 is 2.91 bits per heavy atom. The van der Waals surface area contributed by atoms with Crippen LogP contribution in [0.2, 0.25) is 5.02 Å². The van der Waals surface area contributed by atoms with E-state index in [-0.39, 0.29) is 16.7 Å². The van der Waals surface area contributed by atoms with Gasteiger partial charge < -0.3 is 20.3 Å². The first-order valence-electron chi connectivity index (χ1n) is 6.74. The molecule has 3 N–H and O–H groups in total. The molecule has 0 unspecified atom stereocenters. The zero-order valence-corrected chi connectivity index (χ0v) is 12.4. The van der Waals surface area contributed by atoms with E-state index in [1.807, 2.05) is 0 Å². The van der Waals surface area contributed by atoms with Crippen LogP contribution in [0.3, 0.4) is 0 Å². The van der Waals surface area contributed by atoms with Crippen molar-refractivity contribution in [2.24, 2.45) is 0 Å². The van der Waals surface area contributed by atoms with Gasteiger partial charge in [-0.15, -0.1) is 0 Å². The number of phenols is 2. The summed E-state index contributed by atoms with van der Waals surface area (Å²) in [5, 5.41) is 30.5. The number of aromatic hydroxyl groups is 2. The van der Waals surface area contributed by atoms with E-state index in [2.05, 4.69) is 5.32 Å². The molecule has 0 radical (unpaired) electrons. The average Bonchev–Trinajstić information content (AvgIpc) is 3.01. The van der Waals surface area contributed by atoms with Gasteiger partial charge in [0.1, 0.15) is 11.6 Å². The van der Waals surface area contributed by atoms with Crippen LogP contribution >= 0.6 is 11.6 Å². The normalized spacial score (nSPS) is 18.0. The van der Waals surface area contributed by atoms with Gasteiger partial charge in [0.25, 0.3) is 5.91 Å². The first-order chi connectivity index (χ1) is 10.5. The van der Waals surface area contributed by atoms with E-state index in [1.165, 1.54) is 18.2 Å². The summed E-state index contributed by atoms with van der Waals surface area (Å²) < 4.78 is 5.38. The first kappa shape index (κ1) is 16.1. The molecule has 1 fully saturated rings. The third-order valence-corrected chi connectivity index (χ3v) is 3.54. The molecule has 1 aromatic rings. The Morgan fingerprint density at radius 1 is 1.55 bits per heavy atom. The van der Waals surface area contributed by atoms with Crippen molar-refractivity contribution in [3.05, 3.63) is 28.3 Å². The number of rotatable bonds is 4. The van der Waals surface area contributed by atoms with Crippen molar-refractivity contribution in [1.29, 1.82) is 5.26 Å². The second-order valence-electron chi connectivity index (χ2n) is 4.89. The van der Waals surface area contributed by atoms with Crippen molar-refractivity contribution in [2.45, 2.75) is 18.9 Å². The summed E-state index contributed by atoms with van der Waals surface area (Å²) in [7, 11) is 0. The first-order valence-corrected chi connectivity index (χ1v) is 7.12. The van der Waals surface area contributed by atoms with Gasteiger partial charge in [-0.2, -0.15) is 5.26 Å². The van der Waals surface area contributed by atoms with E-state index in [1.54, 1.807) is 6.07 Å². The SMILES string of the molecule is N#C/C(=C\c1cc(O)c(O)c(Cl)c1)C(=O)NC[C@H]1CCCO1. The predicted molar refractivity (Wildman–Crippen MR) is 80.4 cm³/mol. The monoisotopic (exact) mass is 322 g/mol. The van der Waals surface area contributed by atoms with Gasteiger partial charge in [0.2, 0.25) is 0 Å². The molecular weight excluding hydrogens is 308 g/mol. The molecule has 1 aromatic carbocycles. The maximum atomic E-state index is 12.0. The molecule has 2 rings (SSSR count). The van der Waals surface area contributed by atoms with Crippen molar-refractivity contribution in [3.8, 4) is 17.6 Å². The third-order valence-electron chi connectivity index (χ3n) is 3.26. The molecule has 116 valence electrons. The van der Waals surface area contributed by atoms with Crippen LogP contribution in [0.4, 0.5) is 0 Å². The molecular formula is C15H15ClN2O4. The van der Waals surface area contributed by atoms with Gasteiger partial charge in [-0.25, -0.2) is 0 Å². The number of nitrogens with one attached hydrogen (secondary N) is 1. The lowest BCUT2D eigenvalue weighted by Gasteiger charge is -2.10. The van der Waals surface area contributed by atoms with Crippen LogP contribution < -0.4 is 5.32 Å². The highest BCUT2D eigenvalue weighted by atomic mass is 35.5. The van der Waals surface area contributed by atoms with Crippen LogP contribution in [0.15, 0.2) is 17.7 Å². The number of carbonyl (C=O) groups excluding carboxylic acids is 1. The standard InChI is InChI=1S/C15H15ClN2O4/c16-12-5-9(6-13(19)14(12)20)4-10(7-17)15(21)18-8-11-2-1-3-22-11/h4-6,11,19-20H,1-3,8H2,(H,18,21)/b10-4+/t11-/m1/s1. The van der Waals surface area contributed by atoms with Gasteiger partial charge in [0.15, 0.2) is 11.5 Å². The van der Waals surface area contributed by atoms with Crippen LogP contribution in [0.5, 0.6) is 11.5 Å². The summed E-state index contributed by atoms with van der Waals surface area (Å²) in [6.07, 6.45) is 3.12. The Labute approximate surface area is 132 Å². The van der Waals surface area contributed by atoms with Gasteiger partial charge in [-0.3, -0.25) is 4.79 Å². The second kappa shape index (κ2) is 7.16. The van der Waals surface area contributed by atoms with Gasteiger partial charge in [0.05, 0.1) is 11.1 Å². The minimum atomic E-state index is -0.526. The highest BCUT2D eigenvalue weighted by molar-refractivity contribution is 6.32. The quantitative estimate of drug-likeness (QED) is 0.446. The highest BCUT2D eigenvalue weighted by Crippen LogP contribution is 2.34. The molecule has 0 aliphatic carbocycles. The molecule has 1 aliphatic rings. The van der Waals surface area contributed by atoms with Crippen LogP contribution in [-0.2, 0) is 9.53 Å². The molecule has 0 bridgehead atoms. The summed E-state index contributed by atoms with van der Waals surface area (Å²) in [6.45, 7) is 1.03. The summed E-state index contributed by atoms with van der Waals surface area (Å²) >= 11 is 5.73. The van der Waals surface area contributed by atoms with E-state index in [0.717, 1.165) is 12.8 Å². The maximum absolute atomic E-state index is 12.0. The van der Waals surface area contributed by atoms with Crippen molar-refractivity contribution in [2.75, 3.05) is 13.2 Å². The van der Waals surface area contributed by atoms with Crippen LogP contribution in [-0.4, -0.2) is 35.4 Å². The summed E-state index contributed by atoms with van der Waals surface area (Å²) in [5.41, 5.74) is 0.211. The van der Waals surface area contributed by atoms with Crippen molar-refractivity contribution < 1.29 is 19.7 Å². The van der Waals surface area contributed by atoms with Crippen LogP contribution in [0, 0.1) is 11.3 Å². The Kier molecular flexibility index (Phi) is 5.26. The molecule has 6 nitrogen and oxygen atoms in total. The number of ether oxygens (including phenoxy) is 1. The molecule has 1 saturated heterocycles. The lowest BCUT2D eigenvalue weighted by molar-refractivity contribution is -0.117. The smallest absolute Gasteiger partial charge is 0.262 e. The summed E-state index contributed by atoms with van der Waals surface area (Å²) in [4.78, 5) is 12.0. The topological polar surface area (TPSA) is 103 Å². The lowest BCUT2D eigenvalue weighted by Crippen LogP contribution is -2.32. The molecule has 1 amide bonds. The predicted octanol–water partition coefficient (Wildman–Crippen LogP) is 1.95. The zero-order chi connectivity index (χ0) is 16.1. The largest absolute Gasteiger partial charge is 0.504 e. The summed E-state index contributed by atoms with van der Waals surface area (Å²) in [5.74, 6) is -1.39. The number of carbonyl (C=O) groups is 1. The lowest BCUT2D eigenvalue weighted by atomic mass is 10.1. The number of amides is 1. The fourth-order valence-electron chi connectivity index (χ4n) is 2.11. The molecule has 1 aliphatic heterocycles. The minimum absolute atomic E-state index is 0.0175. The van der Waals surface area contributed by atoms with Crippen molar-refractivity contribution in [1.82, 2.24) is 5.32 Å². The number of hydrogen-bond acceptors (Lipinski definition) is 5. The number of benzene rings is 1. The molecule has 0 spiro atoms. The van der Waals surface area contributed by atoms with Gasteiger partial charge in [-0.1, -0.05) is 11.6 Å². The van der Waals surface area contributed by atoms with E-state index >= 15 is 0 Å². The number of halogens is 1. The second-order valence-corrected chi connectivity index (χ2v) is 5.29. The average molecular weight is 323 g/mol. The van der Waals surface area contributed by atoms with Gasteiger partial charge in [-0.05, 0) is 36.6 Å². The van der Waals surface area contributed by atoms with E-state index in [4.69, 9.17) is 21.6 Å². The molecule has 0 aromatic heterocycles.